The molecule has 2 aromatic rings. The number of hydrogen-bond acceptors (Lipinski definition) is 6. The monoisotopic (exact) mass is 622 g/mol. The van der Waals surface area contributed by atoms with Crippen LogP contribution in [0.5, 0.6) is 5.75 Å². The van der Waals surface area contributed by atoms with Crippen molar-refractivity contribution in [2.45, 2.75) is 94.9 Å². The molecule has 3 heterocycles. The van der Waals surface area contributed by atoms with Gasteiger partial charge in [-0.2, -0.15) is 0 Å². The number of carbonyl (C=O) groups excluding carboxylic acids is 1. The van der Waals surface area contributed by atoms with Crippen LogP contribution >= 0.6 is 0 Å². The van der Waals surface area contributed by atoms with Crippen LogP contribution in [0, 0.1) is 11.8 Å². The quantitative estimate of drug-likeness (QED) is 0.0602. The van der Waals surface area contributed by atoms with Crippen LogP contribution in [0.2, 0.25) is 0 Å². The van der Waals surface area contributed by atoms with Crippen molar-refractivity contribution in [1.29, 1.82) is 0 Å². The molecule has 1 aliphatic carbocycles. The number of phenols is 1. The molecule has 0 radical (unpaired) electrons. The van der Waals surface area contributed by atoms with Gasteiger partial charge in [0.25, 0.3) is 0 Å². The Morgan fingerprint density at radius 2 is 1.67 bits per heavy atom. The molecular weight excluding hydrogens is 566 g/mol. The first kappa shape index (κ1) is 33.9. The number of carbonyl (C=O) groups is 1. The van der Waals surface area contributed by atoms with Crippen molar-refractivity contribution >= 4 is 12.1 Å². The molecule has 2 bridgehead atoms. The fourth-order valence-electron chi connectivity index (χ4n) is 8.23. The number of quaternary nitrogens is 1. The number of phenolic OH excluding ortho intramolecular Hbond substituents is 1. The number of benzene rings is 2. The van der Waals surface area contributed by atoms with Gasteiger partial charge in [0.1, 0.15) is 24.0 Å². The molecule has 0 spiro atoms. The Labute approximate surface area is 269 Å². The highest BCUT2D eigenvalue weighted by molar-refractivity contribution is 5.75. The Balaban J connectivity index is 0.966. The number of fused-ring (bicyclic) bond motifs is 3. The summed E-state index contributed by atoms with van der Waals surface area (Å²) in [5.41, 5.74) is 1.10. The van der Waals surface area contributed by atoms with Crippen LogP contribution in [0.3, 0.4) is 0 Å². The van der Waals surface area contributed by atoms with Gasteiger partial charge in [0.15, 0.2) is 0 Å². The van der Waals surface area contributed by atoms with Crippen molar-refractivity contribution in [2.24, 2.45) is 11.8 Å². The Kier molecular flexibility index (Phi) is 12.3. The third-order valence-electron chi connectivity index (χ3n) is 11.1. The standard InChI is InChI=1S/C37H55N3O5/c41-28-39-33-24-30(16-17-34(33)42)35(43)25-38-20-10-3-1-2-4-11-21-40-22-18-29(19-23-40)36(26-40)45-27-37(44,32-14-8-9-15-32)31-12-6-5-7-13-31/h5-7,12-13,16-17,24,28-29,32,35-36,38,43-44H,1-4,8-11,14-15,18-23,25-27H2,(H-,39,41,42)/p+1/t29?,35-,36-,37+,40?/m0/s1. The lowest BCUT2D eigenvalue weighted by Crippen LogP contribution is -2.64. The first-order chi connectivity index (χ1) is 21.9. The van der Waals surface area contributed by atoms with E-state index in [1.807, 2.05) is 18.2 Å². The fraction of sp³-hybridized carbons (Fsp3) is 0.649. The molecule has 8 nitrogen and oxygen atoms in total. The second-order valence-electron chi connectivity index (χ2n) is 14.0. The summed E-state index contributed by atoms with van der Waals surface area (Å²) in [6, 6.07) is 15.0. The number of unbranched alkanes of at least 4 members (excludes halogenated alkanes) is 5. The van der Waals surface area contributed by atoms with Gasteiger partial charge in [-0.1, -0.05) is 68.5 Å². The molecule has 4 fully saturated rings. The van der Waals surface area contributed by atoms with Crippen molar-refractivity contribution in [3.05, 3.63) is 59.7 Å². The van der Waals surface area contributed by atoms with Gasteiger partial charge >= 0.3 is 0 Å². The molecular formula is C37H56N3O5+. The molecule has 1 amide bonds. The fourth-order valence-corrected chi connectivity index (χ4v) is 8.23. The van der Waals surface area contributed by atoms with E-state index < -0.39 is 11.7 Å². The minimum absolute atomic E-state index is 0.0172. The van der Waals surface area contributed by atoms with Gasteiger partial charge in [0.2, 0.25) is 6.41 Å². The average molecular weight is 623 g/mol. The zero-order valence-electron chi connectivity index (χ0n) is 27.0. The van der Waals surface area contributed by atoms with E-state index >= 15 is 0 Å². The summed E-state index contributed by atoms with van der Waals surface area (Å²) in [5, 5.41) is 38.0. The van der Waals surface area contributed by atoms with E-state index in [1.54, 1.807) is 12.1 Å². The van der Waals surface area contributed by atoms with Crippen LogP contribution < -0.4 is 10.6 Å². The maximum absolute atomic E-state index is 12.0. The second-order valence-corrected chi connectivity index (χ2v) is 14.0. The van der Waals surface area contributed by atoms with Crippen molar-refractivity contribution in [3.8, 4) is 5.75 Å². The van der Waals surface area contributed by atoms with E-state index in [1.165, 1.54) is 88.0 Å². The maximum atomic E-state index is 12.0. The van der Waals surface area contributed by atoms with E-state index in [9.17, 15) is 20.1 Å². The number of rotatable bonds is 19. The van der Waals surface area contributed by atoms with Crippen LogP contribution in [0.25, 0.3) is 0 Å². The van der Waals surface area contributed by atoms with E-state index in [2.05, 4.69) is 22.8 Å². The molecule has 45 heavy (non-hydrogen) atoms. The number of hydrogen-bond donors (Lipinski definition) is 5. The highest BCUT2D eigenvalue weighted by atomic mass is 16.5. The predicted octanol–water partition coefficient (Wildman–Crippen LogP) is 5.63. The third kappa shape index (κ3) is 8.86. The van der Waals surface area contributed by atoms with Crippen molar-refractivity contribution in [2.75, 3.05) is 51.2 Å². The van der Waals surface area contributed by atoms with Crippen molar-refractivity contribution in [3.63, 3.8) is 0 Å². The first-order valence-corrected chi connectivity index (χ1v) is 17.6. The lowest BCUT2D eigenvalue weighted by molar-refractivity contribution is -0.946. The van der Waals surface area contributed by atoms with Gasteiger partial charge in [-0.3, -0.25) is 4.79 Å². The molecule has 6 rings (SSSR count). The zero-order chi connectivity index (χ0) is 31.5. The Morgan fingerprint density at radius 1 is 0.956 bits per heavy atom. The number of aromatic hydroxyl groups is 1. The van der Waals surface area contributed by atoms with E-state index in [0.29, 0.717) is 42.6 Å². The molecule has 1 saturated carbocycles. The average Bonchev–Trinajstić information content (AvgIpc) is 3.62. The molecule has 3 atom stereocenters. The summed E-state index contributed by atoms with van der Waals surface area (Å²) < 4.78 is 7.92. The van der Waals surface area contributed by atoms with Gasteiger partial charge in [-0.25, -0.2) is 0 Å². The summed E-state index contributed by atoms with van der Waals surface area (Å²) in [6.45, 7) is 6.64. The molecule has 4 aliphatic rings. The lowest BCUT2D eigenvalue weighted by Gasteiger charge is -2.53. The van der Waals surface area contributed by atoms with Crippen LogP contribution in [-0.2, 0) is 15.1 Å². The number of nitrogens with zero attached hydrogens (tertiary/aromatic N) is 1. The molecule has 0 aromatic heterocycles. The van der Waals surface area contributed by atoms with E-state index in [0.717, 1.165) is 37.9 Å². The van der Waals surface area contributed by atoms with Gasteiger partial charge in [-0.05, 0) is 67.8 Å². The third-order valence-corrected chi connectivity index (χ3v) is 11.1. The maximum Gasteiger partial charge on any atom is 0.211 e. The SMILES string of the molecule is O=CNc1cc([C@@H](O)CNCCCCCCCC[N+]23CCC(CC2)[C@@H](OC[C@@](O)(c2ccccc2)C2CCCC2)C3)ccc1O. The Bertz CT molecular complexity index is 1180. The minimum Gasteiger partial charge on any atom is -0.506 e. The van der Waals surface area contributed by atoms with E-state index in [4.69, 9.17) is 4.74 Å². The zero-order valence-corrected chi connectivity index (χ0v) is 27.0. The normalized spacial score (nSPS) is 25.2. The predicted molar refractivity (Wildman–Crippen MR) is 178 cm³/mol. The molecule has 5 N–H and O–H groups in total. The lowest BCUT2D eigenvalue weighted by atomic mass is 9.80. The minimum atomic E-state index is -0.879. The van der Waals surface area contributed by atoms with Crippen LogP contribution in [0.4, 0.5) is 5.69 Å². The number of aliphatic hydroxyl groups excluding tert-OH is 1. The van der Waals surface area contributed by atoms with Crippen molar-refractivity contribution < 1.29 is 29.3 Å². The summed E-state index contributed by atoms with van der Waals surface area (Å²) >= 11 is 0. The Morgan fingerprint density at radius 3 is 2.40 bits per heavy atom. The number of amides is 1. The van der Waals surface area contributed by atoms with Gasteiger partial charge in [0, 0.05) is 25.3 Å². The molecule has 8 heteroatoms. The molecule has 3 saturated heterocycles. The number of aliphatic hydroxyl groups is 2. The molecule has 0 unspecified atom stereocenters. The van der Waals surface area contributed by atoms with Gasteiger partial charge in [0.05, 0.1) is 38.0 Å². The number of nitrogens with one attached hydrogen (secondary N) is 2. The largest absolute Gasteiger partial charge is 0.506 e. The van der Waals surface area contributed by atoms with Gasteiger partial charge < -0.3 is 35.2 Å². The number of anilines is 1. The van der Waals surface area contributed by atoms with Crippen LogP contribution in [0.15, 0.2) is 48.5 Å². The summed E-state index contributed by atoms with van der Waals surface area (Å²) in [4.78, 5) is 10.7. The number of ether oxygens (including phenoxy) is 1. The van der Waals surface area contributed by atoms with Gasteiger partial charge in [-0.15, -0.1) is 0 Å². The van der Waals surface area contributed by atoms with Crippen LogP contribution in [0.1, 0.15) is 94.3 Å². The summed E-state index contributed by atoms with van der Waals surface area (Å²) in [6.07, 6.45) is 14.5. The highest BCUT2D eigenvalue weighted by Gasteiger charge is 2.48. The second kappa shape index (κ2) is 16.4. The molecule has 3 aliphatic heterocycles. The van der Waals surface area contributed by atoms with Crippen molar-refractivity contribution in [1.82, 2.24) is 5.32 Å². The van der Waals surface area contributed by atoms with Crippen LogP contribution in [-0.4, -0.2) is 78.2 Å². The molecule has 2 aromatic carbocycles. The number of piperidine rings is 3. The highest BCUT2D eigenvalue weighted by Crippen LogP contribution is 2.42. The summed E-state index contributed by atoms with van der Waals surface area (Å²) in [5.74, 6) is 0.913. The topological polar surface area (TPSA) is 111 Å². The summed E-state index contributed by atoms with van der Waals surface area (Å²) in [7, 11) is 0. The smallest absolute Gasteiger partial charge is 0.211 e. The molecule has 248 valence electrons. The van der Waals surface area contributed by atoms with E-state index in [-0.39, 0.29) is 11.9 Å². The first-order valence-electron chi connectivity index (χ1n) is 17.6. The Hall–Kier alpha value is -2.49.